The highest BCUT2D eigenvalue weighted by atomic mass is 35.5. The predicted octanol–water partition coefficient (Wildman–Crippen LogP) is 2.15. The lowest BCUT2D eigenvalue weighted by molar-refractivity contribution is -0.255. The number of benzene rings is 2. The van der Waals surface area contributed by atoms with Crippen LogP contribution in [0.15, 0.2) is 53.2 Å². The number of anilines is 2. The molecule has 0 aromatic heterocycles. The summed E-state index contributed by atoms with van der Waals surface area (Å²) in [5, 5.41) is 13.6. The van der Waals surface area contributed by atoms with Gasteiger partial charge in [-0.25, -0.2) is 4.90 Å². The molecule has 0 atom stereocenters. The smallest absolute Gasteiger partial charge is 0.283 e. The number of hydrogen-bond acceptors (Lipinski definition) is 6. The second kappa shape index (κ2) is 7.30. The molecule has 0 unspecified atom stereocenters. The van der Waals surface area contributed by atoms with Gasteiger partial charge >= 0.3 is 0 Å². The number of imide groups is 1. The van der Waals surface area contributed by atoms with Crippen LogP contribution in [0, 0.1) is 0 Å². The maximum atomic E-state index is 12.8. The van der Waals surface area contributed by atoms with Crippen molar-refractivity contribution < 1.29 is 24.2 Å². The third-order valence-electron chi connectivity index (χ3n) is 3.78. The largest absolute Gasteiger partial charge is 0.545 e. The summed E-state index contributed by atoms with van der Waals surface area (Å²) in [5.74, 6) is -2.62. The first-order chi connectivity index (χ1) is 12.8. The minimum Gasteiger partial charge on any atom is -0.545 e. The average Bonchev–Trinajstić information content (AvgIpc) is 2.85. The van der Waals surface area contributed by atoms with Crippen molar-refractivity contribution in [1.29, 1.82) is 0 Å². The van der Waals surface area contributed by atoms with Crippen LogP contribution in [0.1, 0.15) is 10.4 Å². The van der Waals surface area contributed by atoms with Crippen LogP contribution in [0.4, 0.5) is 11.4 Å². The Balaban J connectivity index is 1.97. The van der Waals surface area contributed by atoms with Crippen molar-refractivity contribution in [3.05, 3.63) is 63.8 Å². The Bertz CT molecular complexity index is 1000. The molecule has 0 radical (unpaired) electrons. The van der Waals surface area contributed by atoms with E-state index in [4.69, 9.17) is 27.9 Å². The third kappa shape index (κ3) is 3.47. The molecule has 1 N–H and O–H groups in total. The Morgan fingerprint density at radius 1 is 1.11 bits per heavy atom. The van der Waals surface area contributed by atoms with Crippen molar-refractivity contribution in [3.63, 3.8) is 0 Å². The van der Waals surface area contributed by atoms with Gasteiger partial charge in [0.2, 0.25) is 0 Å². The zero-order chi connectivity index (χ0) is 19.7. The van der Waals surface area contributed by atoms with E-state index < -0.39 is 17.8 Å². The molecule has 9 heteroatoms. The number of ether oxygens (including phenoxy) is 1. The lowest BCUT2D eigenvalue weighted by atomic mass is 10.2. The van der Waals surface area contributed by atoms with Gasteiger partial charge in [0.1, 0.15) is 16.5 Å². The van der Waals surface area contributed by atoms with E-state index in [1.807, 2.05) is 0 Å². The molecule has 0 bridgehead atoms. The summed E-state index contributed by atoms with van der Waals surface area (Å²) in [4.78, 5) is 37.2. The van der Waals surface area contributed by atoms with Crippen LogP contribution in [0.5, 0.6) is 5.75 Å². The van der Waals surface area contributed by atoms with E-state index in [0.29, 0.717) is 5.02 Å². The van der Waals surface area contributed by atoms with Gasteiger partial charge in [-0.3, -0.25) is 9.59 Å². The molecular formula is C18H11Cl2N2O5-. The molecule has 138 valence electrons. The average molecular weight is 406 g/mol. The zero-order valence-corrected chi connectivity index (χ0v) is 15.3. The van der Waals surface area contributed by atoms with Crippen LogP contribution in [0.3, 0.4) is 0 Å². The maximum Gasteiger partial charge on any atom is 0.283 e. The summed E-state index contributed by atoms with van der Waals surface area (Å²) in [7, 11) is 1.39. The van der Waals surface area contributed by atoms with Crippen LogP contribution < -0.4 is 20.1 Å². The van der Waals surface area contributed by atoms with E-state index in [2.05, 4.69) is 5.32 Å². The predicted molar refractivity (Wildman–Crippen MR) is 97.8 cm³/mol. The number of carboxylic acids is 1. The molecular weight excluding hydrogens is 395 g/mol. The number of rotatable bonds is 5. The summed E-state index contributed by atoms with van der Waals surface area (Å²) < 4.78 is 5.18. The minimum atomic E-state index is -1.38. The third-order valence-corrected chi connectivity index (χ3v) is 4.36. The highest BCUT2D eigenvalue weighted by Gasteiger charge is 2.40. The molecule has 0 spiro atoms. The molecule has 0 saturated carbocycles. The molecule has 0 aliphatic carbocycles. The Labute approximate surface area is 163 Å². The molecule has 1 heterocycles. The number of halogens is 2. The van der Waals surface area contributed by atoms with E-state index in [1.54, 1.807) is 6.07 Å². The van der Waals surface area contributed by atoms with Crippen LogP contribution in [-0.4, -0.2) is 24.9 Å². The first-order valence-electron chi connectivity index (χ1n) is 7.54. The molecule has 1 aliphatic heterocycles. The number of nitrogens with zero attached hydrogens (tertiary/aromatic N) is 1. The Kier molecular flexibility index (Phi) is 5.07. The van der Waals surface area contributed by atoms with E-state index in [-0.39, 0.29) is 33.4 Å². The van der Waals surface area contributed by atoms with Crippen molar-refractivity contribution in [2.45, 2.75) is 0 Å². The molecule has 7 nitrogen and oxygen atoms in total. The Hall–Kier alpha value is -3.03. The number of aromatic carboxylic acids is 1. The number of carbonyl (C=O) groups is 3. The number of hydrogen-bond donors (Lipinski definition) is 1. The van der Waals surface area contributed by atoms with Gasteiger partial charge in [0.15, 0.2) is 0 Å². The van der Waals surface area contributed by atoms with Crippen LogP contribution in [0.25, 0.3) is 0 Å². The topological polar surface area (TPSA) is 98.8 Å². The summed E-state index contributed by atoms with van der Waals surface area (Å²) in [6, 6.07) is 10.0. The quantitative estimate of drug-likeness (QED) is 0.765. The van der Waals surface area contributed by atoms with E-state index >= 15 is 0 Å². The number of amides is 2. The van der Waals surface area contributed by atoms with Gasteiger partial charge in [-0.2, -0.15) is 0 Å². The fourth-order valence-corrected chi connectivity index (χ4v) is 2.92. The normalized spacial score (nSPS) is 14.0. The van der Waals surface area contributed by atoms with E-state index in [0.717, 1.165) is 4.90 Å². The molecule has 1 aliphatic rings. The summed E-state index contributed by atoms with van der Waals surface area (Å²) in [5.41, 5.74) is 0.102. The second-order valence-electron chi connectivity index (χ2n) is 5.44. The van der Waals surface area contributed by atoms with Crippen molar-refractivity contribution in [2.24, 2.45) is 0 Å². The zero-order valence-electron chi connectivity index (χ0n) is 13.8. The number of nitrogens with one attached hydrogen (secondary N) is 1. The molecule has 27 heavy (non-hydrogen) atoms. The van der Waals surface area contributed by atoms with Gasteiger partial charge in [-0.1, -0.05) is 35.3 Å². The van der Waals surface area contributed by atoms with Gasteiger partial charge in [0.25, 0.3) is 11.8 Å². The van der Waals surface area contributed by atoms with E-state index in [9.17, 15) is 19.5 Å². The highest BCUT2D eigenvalue weighted by molar-refractivity contribution is 6.53. The molecule has 0 saturated heterocycles. The van der Waals surface area contributed by atoms with Crippen LogP contribution >= 0.6 is 23.2 Å². The van der Waals surface area contributed by atoms with Crippen LogP contribution in [-0.2, 0) is 9.59 Å². The lowest BCUT2D eigenvalue weighted by Crippen LogP contribution is -2.32. The van der Waals surface area contributed by atoms with Gasteiger partial charge < -0.3 is 20.0 Å². The fraction of sp³-hybridized carbons (Fsp3) is 0.0556. The Morgan fingerprint density at radius 2 is 1.85 bits per heavy atom. The number of carbonyl (C=O) groups excluding carboxylic acids is 3. The molecule has 2 aromatic carbocycles. The summed E-state index contributed by atoms with van der Waals surface area (Å²) in [6.07, 6.45) is 0. The first kappa shape index (κ1) is 18.8. The van der Waals surface area contributed by atoms with Gasteiger partial charge in [-0.15, -0.1) is 0 Å². The number of methoxy groups -OCH3 is 1. The van der Waals surface area contributed by atoms with Gasteiger partial charge in [0.05, 0.1) is 18.8 Å². The van der Waals surface area contributed by atoms with Gasteiger partial charge in [0, 0.05) is 10.7 Å². The van der Waals surface area contributed by atoms with E-state index in [1.165, 1.54) is 43.5 Å². The van der Waals surface area contributed by atoms with Gasteiger partial charge in [-0.05, 0) is 35.9 Å². The van der Waals surface area contributed by atoms with Crippen molar-refractivity contribution in [1.82, 2.24) is 0 Å². The van der Waals surface area contributed by atoms with Crippen LogP contribution in [0.2, 0.25) is 5.02 Å². The second-order valence-corrected chi connectivity index (χ2v) is 6.26. The maximum absolute atomic E-state index is 12.8. The summed E-state index contributed by atoms with van der Waals surface area (Å²) >= 11 is 12.0. The van der Waals surface area contributed by atoms with Crippen molar-refractivity contribution in [2.75, 3.05) is 17.3 Å². The lowest BCUT2D eigenvalue weighted by Gasteiger charge is -2.18. The molecule has 2 amide bonds. The fourth-order valence-electron chi connectivity index (χ4n) is 2.54. The SMILES string of the molecule is COc1ccc(Cl)cc1N1C(=O)C(Cl)=C(Nc2cccc(C(=O)[O-])c2)C1=O. The molecule has 0 fully saturated rings. The monoisotopic (exact) mass is 405 g/mol. The Morgan fingerprint density at radius 3 is 2.52 bits per heavy atom. The van der Waals surface area contributed by atoms with Crippen molar-refractivity contribution >= 4 is 52.4 Å². The minimum absolute atomic E-state index is 0.0955. The molecule has 2 aromatic rings. The number of carboxylic acid groups (broad SMARTS) is 1. The standard InChI is InChI=1S/C18H12Cl2N2O5/c1-27-13-6-5-10(19)8-12(13)22-16(23)14(20)15(17(22)24)21-11-4-2-3-9(7-11)18(25)26/h2-8,21H,1H3,(H,25,26)/p-1. The summed E-state index contributed by atoms with van der Waals surface area (Å²) in [6.45, 7) is 0. The van der Waals surface area contributed by atoms with Crippen molar-refractivity contribution in [3.8, 4) is 5.75 Å². The first-order valence-corrected chi connectivity index (χ1v) is 8.29. The highest BCUT2D eigenvalue weighted by Crippen LogP contribution is 2.37. The molecule has 3 rings (SSSR count).